The third kappa shape index (κ3) is 1.44. The molecule has 0 aliphatic rings. The van der Waals surface area contributed by atoms with E-state index in [1.54, 1.807) is 0 Å². The van der Waals surface area contributed by atoms with Crippen LogP contribution in [0.4, 0.5) is 0 Å². The summed E-state index contributed by atoms with van der Waals surface area (Å²) in [5.74, 6) is 2.06. The van der Waals surface area contributed by atoms with Crippen molar-refractivity contribution in [2.24, 2.45) is 0 Å². The first-order valence-corrected chi connectivity index (χ1v) is 3.47. The molecule has 1 heterocycles. The van der Waals surface area contributed by atoms with Crippen molar-refractivity contribution >= 4 is 6.91 Å². The van der Waals surface area contributed by atoms with Crippen LogP contribution in [0.2, 0.25) is 0 Å². The molecule has 1 aromatic heterocycles. The van der Waals surface area contributed by atoms with Crippen LogP contribution < -0.4 is 0 Å². The van der Waals surface area contributed by atoms with Crippen molar-refractivity contribution in [3.8, 4) is 0 Å². The summed E-state index contributed by atoms with van der Waals surface area (Å²) in [6.45, 7) is 6.48. The van der Waals surface area contributed by atoms with Gasteiger partial charge in [0.2, 0.25) is 0 Å². The summed E-state index contributed by atoms with van der Waals surface area (Å²) >= 11 is 0. The molecule has 0 spiro atoms. The van der Waals surface area contributed by atoms with Crippen LogP contribution in [0.5, 0.6) is 0 Å². The number of aromatic nitrogens is 1. The van der Waals surface area contributed by atoms with Gasteiger partial charge in [0.25, 0.3) is 0 Å². The van der Waals surface area contributed by atoms with E-state index in [2.05, 4.69) is 43.6 Å². The molecule has 0 aliphatic heterocycles. The van der Waals surface area contributed by atoms with Crippen molar-refractivity contribution in [2.45, 2.75) is 26.3 Å². The second kappa shape index (κ2) is 2.86. The third-order valence-electron chi connectivity index (χ3n) is 1.73. The van der Waals surface area contributed by atoms with Gasteiger partial charge in [-0.15, -0.1) is 0 Å². The van der Waals surface area contributed by atoms with E-state index in [0.29, 0.717) is 6.04 Å². The molecular formula is C7H12BN. The quantitative estimate of drug-likeness (QED) is 0.562. The van der Waals surface area contributed by atoms with Gasteiger partial charge in [-0.25, -0.2) is 0 Å². The molecule has 0 N–H and O–H groups in total. The Morgan fingerprint density at radius 2 is 2.44 bits per heavy atom. The first kappa shape index (κ1) is 6.59. The third-order valence-corrected chi connectivity index (χ3v) is 1.73. The normalized spacial score (nSPS) is 13.1. The van der Waals surface area contributed by atoms with Crippen LogP contribution in [-0.4, -0.2) is 11.5 Å². The molecule has 0 fully saturated rings. The van der Waals surface area contributed by atoms with Gasteiger partial charge in [0, 0.05) is 0 Å². The van der Waals surface area contributed by atoms with Crippen LogP contribution in [0.3, 0.4) is 0 Å². The van der Waals surface area contributed by atoms with Crippen molar-refractivity contribution in [1.29, 1.82) is 0 Å². The fourth-order valence-electron chi connectivity index (χ4n) is 0.853. The summed E-state index contributed by atoms with van der Waals surface area (Å²) in [6, 6.07) is 0.653. The van der Waals surface area contributed by atoms with Crippen LogP contribution in [0, 0.1) is 0 Å². The summed E-state index contributed by atoms with van der Waals surface area (Å²) in [5, 5.41) is 0. The van der Waals surface area contributed by atoms with Gasteiger partial charge < -0.3 is 0 Å². The number of hydrogen-bond donors (Lipinski definition) is 0. The Balaban J connectivity index is 2.65. The van der Waals surface area contributed by atoms with Crippen LogP contribution in [0.15, 0.2) is 18.3 Å². The minimum atomic E-state index is 0.653. The second-order valence-electron chi connectivity index (χ2n) is 2.39. The standard InChI is InChI=1S/C7H12BN/c1-3-7(2)9-5-4-8-6-9/h4-7H,3H2,1-2H3. The average molecular weight is 121 g/mol. The van der Waals surface area contributed by atoms with E-state index in [4.69, 9.17) is 0 Å². The molecule has 1 rings (SSSR count). The first-order valence-electron chi connectivity index (χ1n) is 3.47. The van der Waals surface area contributed by atoms with E-state index in [-0.39, 0.29) is 0 Å². The zero-order valence-electron chi connectivity index (χ0n) is 6.04. The average Bonchev–Trinajstić information content (AvgIpc) is 2.37. The Bertz CT molecular complexity index is 157. The molecule has 0 aromatic carbocycles. The van der Waals surface area contributed by atoms with Crippen LogP contribution in [0.1, 0.15) is 26.3 Å². The van der Waals surface area contributed by atoms with Gasteiger partial charge in [-0.2, -0.15) is 0 Å². The monoisotopic (exact) mass is 121 g/mol. The van der Waals surface area contributed by atoms with Crippen molar-refractivity contribution in [3.63, 3.8) is 0 Å². The SMILES string of the molecule is CCC(C)n1cbcc1. The maximum absolute atomic E-state index is 2.22. The molecule has 2 heteroatoms. The maximum atomic E-state index is 2.22. The molecule has 0 bridgehead atoms. The zero-order valence-corrected chi connectivity index (χ0v) is 6.04. The number of hydrogen-bond acceptors (Lipinski definition) is 0. The molecule has 1 aromatic rings. The first-order chi connectivity index (χ1) is 4.34. The van der Waals surface area contributed by atoms with Crippen LogP contribution in [0.25, 0.3) is 0 Å². The second-order valence-corrected chi connectivity index (χ2v) is 2.39. The van der Waals surface area contributed by atoms with E-state index >= 15 is 0 Å². The molecule has 0 amide bonds. The van der Waals surface area contributed by atoms with Gasteiger partial charge in [0.05, 0.1) is 0 Å². The Morgan fingerprint density at radius 3 is 2.89 bits per heavy atom. The van der Waals surface area contributed by atoms with E-state index in [0.717, 1.165) is 0 Å². The summed E-state index contributed by atoms with van der Waals surface area (Å²) in [7, 11) is 0. The van der Waals surface area contributed by atoms with Gasteiger partial charge in [-0.3, -0.25) is 0 Å². The summed E-state index contributed by atoms with van der Waals surface area (Å²) < 4.78 is 2.22. The minimum absolute atomic E-state index is 0.653. The molecular weight excluding hydrogens is 109 g/mol. The van der Waals surface area contributed by atoms with E-state index < -0.39 is 0 Å². The van der Waals surface area contributed by atoms with Gasteiger partial charge in [-0.1, -0.05) is 0 Å². The molecule has 48 valence electrons. The van der Waals surface area contributed by atoms with Gasteiger partial charge >= 0.3 is 56.0 Å². The van der Waals surface area contributed by atoms with Crippen molar-refractivity contribution in [1.82, 2.24) is 4.57 Å². The predicted molar refractivity (Wildman–Crippen MR) is 40.8 cm³/mol. The van der Waals surface area contributed by atoms with Crippen LogP contribution in [-0.2, 0) is 0 Å². The van der Waals surface area contributed by atoms with E-state index in [9.17, 15) is 0 Å². The Labute approximate surface area is 56.9 Å². The molecule has 0 saturated heterocycles. The van der Waals surface area contributed by atoms with Gasteiger partial charge in [0.1, 0.15) is 0 Å². The Hall–Kier alpha value is -0.525. The number of rotatable bonds is 2. The number of nitrogens with zero attached hydrogens (tertiary/aromatic N) is 1. The summed E-state index contributed by atoms with van der Waals surface area (Å²) in [4.78, 5) is 0. The zero-order chi connectivity index (χ0) is 6.69. The summed E-state index contributed by atoms with van der Waals surface area (Å²) in [6.07, 6.45) is 5.41. The van der Waals surface area contributed by atoms with Crippen LogP contribution >= 0.6 is 0 Å². The van der Waals surface area contributed by atoms with E-state index in [1.165, 1.54) is 6.42 Å². The molecule has 1 unspecified atom stereocenters. The fraction of sp³-hybridized carbons (Fsp3) is 0.571. The Morgan fingerprint density at radius 1 is 1.67 bits per heavy atom. The Kier molecular flexibility index (Phi) is 2.09. The molecule has 0 saturated carbocycles. The molecule has 1 atom stereocenters. The summed E-state index contributed by atoms with van der Waals surface area (Å²) in [5.41, 5.74) is 0. The molecule has 0 radical (unpaired) electrons. The van der Waals surface area contributed by atoms with Gasteiger partial charge in [-0.05, 0) is 0 Å². The van der Waals surface area contributed by atoms with Crippen molar-refractivity contribution < 1.29 is 0 Å². The molecule has 0 aliphatic carbocycles. The van der Waals surface area contributed by atoms with Crippen molar-refractivity contribution in [3.05, 3.63) is 18.3 Å². The van der Waals surface area contributed by atoms with Gasteiger partial charge in [0.15, 0.2) is 0 Å². The fourth-order valence-corrected chi connectivity index (χ4v) is 0.853. The topological polar surface area (TPSA) is 4.93 Å². The van der Waals surface area contributed by atoms with Crippen molar-refractivity contribution in [2.75, 3.05) is 0 Å². The van der Waals surface area contributed by atoms with E-state index in [1.807, 2.05) is 0 Å². The molecule has 9 heavy (non-hydrogen) atoms. The predicted octanol–water partition coefficient (Wildman–Crippen LogP) is 1.80. The molecule has 1 nitrogen and oxygen atoms in total.